The zero-order valence-corrected chi connectivity index (χ0v) is 9.29. The number of nitrogens with two attached hydrogens (primary N) is 1. The second-order valence-electron chi connectivity index (χ2n) is 4.46. The molecule has 2 atom stereocenters. The van der Waals surface area contributed by atoms with Crippen LogP contribution in [0.2, 0.25) is 0 Å². The van der Waals surface area contributed by atoms with E-state index in [0.29, 0.717) is 5.92 Å². The molecule has 3 nitrogen and oxygen atoms in total. The minimum atomic E-state index is -0.144. The molecule has 15 heavy (non-hydrogen) atoms. The van der Waals surface area contributed by atoms with Crippen molar-refractivity contribution in [3.8, 4) is 5.75 Å². The van der Waals surface area contributed by atoms with Crippen LogP contribution < -0.4 is 15.8 Å². The van der Waals surface area contributed by atoms with Crippen LogP contribution in [0.25, 0.3) is 0 Å². The van der Waals surface area contributed by atoms with E-state index < -0.39 is 0 Å². The minimum absolute atomic E-state index is 0.144. The zero-order chi connectivity index (χ0) is 10.9. The molecule has 0 radical (unpaired) electrons. The Bertz CT molecular complexity index is 332. The predicted molar refractivity (Wildman–Crippen MR) is 61.2 cm³/mol. The molecule has 1 fully saturated rings. The zero-order valence-electron chi connectivity index (χ0n) is 9.29. The quantitative estimate of drug-likeness (QED) is 0.761. The van der Waals surface area contributed by atoms with Gasteiger partial charge in [-0.3, -0.25) is 0 Å². The summed E-state index contributed by atoms with van der Waals surface area (Å²) in [4.78, 5) is 0. The second kappa shape index (κ2) is 3.83. The van der Waals surface area contributed by atoms with Crippen LogP contribution in [-0.2, 0) is 0 Å². The van der Waals surface area contributed by atoms with E-state index >= 15 is 0 Å². The lowest BCUT2D eigenvalue weighted by Crippen LogP contribution is -2.42. The Labute approximate surface area is 90.6 Å². The number of nitrogens with one attached hydrogen (secondary N) is 1. The molecular weight excluding hydrogens is 188 g/mol. The van der Waals surface area contributed by atoms with Crippen LogP contribution in [0.5, 0.6) is 5.75 Å². The van der Waals surface area contributed by atoms with Crippen LogP contribution in [0, 0.1) is 0 Å². The highest BCUT2D eigenvalue weighted by Crippen LogP contribution is 2.30. The van der Waals surface area contributed by atoms with Crippen LogP contribution >= 0.6 is 0 Å². The third kappa shape index (κ3) is 1.98. The van der Waals surface area contributed by atoms with E-state index in [2.05, 4.69) is 24.4 Å². The summed E-state index contributed by atoms with van der Waals surface area (Å²) in [5.41, 5.74) is 7.37. The average Bonchev–Trinajstić information content (AvgIpc) is 2.58. The van der Waals surface area contributed by atoms with E-state index in [-0.39, 0.29) is 5.54 Å². The summed E-state index contributed by atoms with van der Waals surface area (Å²) in [6.45, 7) is 3.94. The first kappa shape index (κ1) is 10.5. The van der Waals surface area contributed by atoms with Gasteiger partial charge in [-0.05, 0) is 24.6 Å². The molecule has 1 aliphatic rings. The number of methoxy groups -OCH3 is 1. The third-order valence-electron chi connectivity index (χ3n) is 3.17. The van der Waals surface area contributed by atoms with Crippen molar-refractivity contribution in [1.82, 2.24) is 5.32 Å². The first-order valence-electron chi connectivity index (χ1n) is 5.27. The summed E-state index contributed by atoms with van der Waals surface area (Å²) >= 11 is 0. The monoisotopic (exact) mass is 206 g/mol. The van der Waals surface area contributed by atoms with Gasteiger partial charge in [0.15, 0.2) is 0 Å². The fraction of sp³-hybridized carbons (Fsp3) is 0.500. The summed E-state index contributed by atoms with van der Waals surface area (Å²) in [5.74, 6) is 1.28. The molecule has 0 aliphatic carbocycles. The normalized spacial score (nSPS) is 30.5. The van der Waals surface area contributed by atoms with E-state index in [0.717, 1.165) is 18.8 Å². The molecule has 1 saturated heterocycles. The van der Waals surface area contributed by atoms with Crippen LogP contribution in [0.3, 0.4) is 0 Å². The highest BCUT2D eigenvalue weighted by Gasteiger charge is 2.35. The molecule has 0 amide bonds. The Morgan fingerprint density at radius 1 is 1.40 bits per heavy atom. The minimum Gasteiger partial charge on any atom is -0.497 e. The fourth-order valence-corrected chi connectivity index (χ4v) is 2.18. The molecule has 1 aromatic carbocycles. The third-order valence-corrected chi connectivity index (χ3v) is 3.17. The lowest BCUT2D eigenvalue weighted by molar-refractivity contribution is 0.413. The van der Waals surface area contributed by atoms with Gasteiger partial charge in [-0.15, -0.1) is 0 Å². The van der Waals surface area contributed by atoms with Gasteiger partial charge in [0.1, 0.15) is 5.75 Å². The second-order valence-corrected chi connectivity index (χ2v) is 4.46. The summed E-state index contributed by atoms with van der Waals surface area (Å²) < 4.78 is 5.14. The molecule has 0 bridgehead atoms. The van der Waals surface area contributed by atoms with E-state index in [1.807, 2.05) is 12.1 Å². The number of hydrogen-bond acceptors (Lipinski definition) is 3. The van der Waals surface area contributed by atoms with Crippen LogP contribution in [-0.4, -0.2) is 25.7 Å². The van der Waals surface area contributed by atoms with Crippen LogP contribution in [0.15, 0.2) is 24.3 Å². The molecule has 2 rings (SSSR count). The van der Waals surface area contributed by atoms with Crippen molar-refractivity contribution >= 4 is 0 Å². The molecule has 1 aliphatic heterocycles. The van der Waals surface area contributed by atoms with E-state index in [4.69, 9.17) is 10.5 Å². The molecule has 0 spiro atoms. The smallest absolute Gasteiger partial charge is 0.118 e. The van der Waals surface area contributed by atoms with Gasteiger partial charge < -0.3 is 15.8 Å². The maximum atomic E-state index is 6.23. The highest BCUT2D eigenvalue weighted by atomic mass is 16.5. The largest absolute Gasteiger partial charge is 0.497 e. The highest BCUT2D eigenvalue weighted by molar-refractivity contribution is 5.32. The van der Waals surface area contributed by atoms with E-state index in [9.17, 15) is 0 Å². The Kier molecular flexibility index (Phi) is 2.67. The standard InChI is InChI=1S/C12H18N2O/c1-12(13)8-14-7-11(12)9-3-5-10(15-2)6-4-9/h3-6,11,14H,7-8,13H2,1-2H3/t11-,12+/m0/s1. The molecule has 0 aromatic heterocycles. The summed E-state index contributed by atoms with van der Waals surface area (Å²) in [7, 11) is 1.68. The van der Waals surface area contributed by atoms with Crippen molar-refractivity contribution in [1.29, 1.82) is 0 Å². The maximum absolute atomic E-state index is 6.23. The van der Waals surface area contributed by atoms with Crippen molar-refractivity contribution in [3.63, 3.8) is 0 Å². The molecule has 1 aromatic rings. The van der Waals surface area contributed by atoms with Crippen LogP contribution in [0.1, 0.15) is 18.4 Å². The fourth-order valence-electron chi connectivity index (χ4n) is 2.18. The molecule has 1 heterocycles. The van der Waals surface area contributed by atoms with Gasteiger partial charge in [0.05, 0.1) is 7.11 Å². The summed E-state index contributed by atoms with van der Waals surface area (Å²) in [6, 6.07) is 8.18. The summed E-state index contributed by atoms with van der Waals surface area (Å²) in [5, 5.41) is 3.33. The Hall–Kier alpha value is -1.06. The van der Waals surface area contributed by atoms with Gasteiger partial charge in [-0.2, -0.15) is 0 Å². The molecule has 0 saturated carbocycles. The van der Waals surface area contributed by atoms with Crippen molar-refractivity contribution in [2.75, 3.05) is 20.2 Å². The van der Waals surface area contributed by atoms with Crippen molar-refractivity contribution in [2.45, 2.75) is 18.4 Å². The Morgan fingerprint density at radius 2 is 2.07 bits per heavy atom. The molecular formula is C12H18N2O. The first-order valence-corrected chi connectivity index (χ1v) is 5.27. The first-order chi connectivity index (χ1) is 7.13. The van der Waals surface area contributed by atoms with Gasteiger partial charge in [0.2, 0.25) is 0 Å². The number of benzene rings is 1. The molecule has 3 heteroatoms. The van der Waals surface area contributed by atoms with Crippen molar-refractivity contribution in [2.24, 2.45) is 5.73 Å². The van der Waals surface area contributed by atoms with E-state index in [1.165, 1.54) is 5.56 Å². The maximum Gasteiger partial charge on any atom is 0.118 e. The summed E-state index contributed by atoms with van der Waals surface area (Å²) in [6.07, 6.45) is 0. The predicted octanol–water partition coefficient (Wildman–Crippen LogP) is 1.10. The number of ether oxygens (including phenoxy) is 1. The molecule has 0 unspecified atom stereocenters. The van der Waals surface area contributed by atoms with Crippen LogP contribution in [0.4, 0.5) is 0 Å². The van der Waals surface area contributed by atoms with E-state index in [1.54, 1.807) is 7.11 Å². The SMILES string of the molecule is COc1ccc([C@@H]2CNC[C@@]2(C)N)cc1. The molecule has 82 valence electrons. The van der Waals surface area contributed by atoms with Gasteiger partial charge >= 0.3 is 0 Å². The van der Waals surface area contributed by atoms with Gasteiger partial charge in [0.25, 0.3) is 0 Å². The van der Waals surface area contributed by atoms with Crippen molar-refractivity contribution in [3.05, 3.63) is 29.8 Å². The van der Waals surface area contributed by atoms with Crippen molar-refractivity contribution < 1.29 is 4.74 Å². The topological polar surface area (TPSA) is 47.3 Å². The van der Waals surface area contributed by atoms with Gasteiger partial charge in [-0.1, -0.05) is 12.1 Å². The Balaban J connectivity index is 2.22. The van der Waals surface area contributed by atoms with Gasteiger partial charge in [0, 0.05) is 24.5 Å². The Morgan fingerprint density at radius 3 is 2.53 bits per heavy atom. The lowest BCUT2D eigenvalue weighted by atomic mass is 9.84. The lowest BCUT2D eigenvalue weighted by Gasteiger charge is -2.26. The number of rotatable bonds is 2. The van der Waals surface area contributed by atoms with Gasteiger partial charge in [-0.25, -0.2) is 0 Å². The molecule has 3 N–H and O–H groups in total. The average molecular weight is 206 g/mol. The number of hydrogen-bond donors (Lipinski definition) is 2.